The fourth-order valence-corrected chi connectivity index (χ4v) is 6.64. The first kappa shape index (κ1) is 22.0. The van der Waals surface area contributed by atoms with Gasteiger partial charge < -0.3 is 9.45 Å². The van der Waals surface area contributed by atoms with Gasteiger partial charge in [0.15, 0.2) is 15.0 Å². The Hall–Kier alpha value is -2.21. The Morgan fingerprint density at radius 2 is 1.84 bits per heavy atom. The van der Waals surface area contributed by atoms with E-state index >= 15 is 0 Å². The number of sulfone groups is 1. The van der Waals surface area contributed by atoms with Crippen molar-refractivity contribution in [2.24, 2.45) is 0 Å². The van der Waals surface area contributed by atoms with E-state index in [0.29, 0.717) is 47.9 Å². The second-order valence-electron chi connectivity index (χ2n) is 7.37. The van der Waals surface area contributed by atoms with E-state index in [1.54, 1.807) is 17.0 Å². The highest BCUT2D eigenvalue weighted by Gasteiger charge is 2.36. The molecule has 1 aliphatic heterocycles. The summed E-state index contributed by atoms with van der Waals surface area (Å²) < 4.78 is 36.0. The zero-order valence-corrected chi connectivity index (χ0v) is 19.0. The number of nitrogens with zero attached hydrogens (tertiary/aromatic N) is 2. The van der Waals surface area contributed by atoms with Gasteiger partial charge in [-0.1, -0.05) is 41.2 Å². The molecule has 1 saturated heterocycles. The quantitative estimate of drug-likeness (QED) is 0.499. The second kappa shape index (κ2) is 8.73. The number of aromatic nitrogens is 1. The minimum absolute atomic E-state index is 0.164. The molecule has 1 saturated carbocycles. The summed E-state index contributed by atoms with van der Waals surface area (Å²) in [5, 5.41) is 2.60. The molecule has 0 bridgehead atoms. The zero-order chi connectivity index (χ0) is 22.2. The number of hydrogen-bond donors (Lipinski definition) is 1. The van der Waals surface area contributed by atoms with Crippen LogP contribution in [0.1, 0.15) is 28.1 Å². The minimum atomic E-state index is -3.29. The molecule has 0 atom stereocenters. The van der Waals surface area contributed by atoms with Gasteiger partial charge in [0.05, 0.1) is 29.4 Å². The molecule has 1 aromatic heterocycles. The largest absolute Gasteiger partial charge is 0.616 e. The highest BCUT2D eigenvalue weighted by molar-refractivity contribution is 7.92. The van der Waals surface area contributed by atoms with Crippen LogP contribution in [-0.4, -0.2) is 64.5 Å². The van der Waals surface area contributed by atoms with E-state index in [1.165, 1.54) is 18.3 Å². The zero-order valence-electron chi connectivity index (χ0n) is 16.6. The number of benzene rings is 1. The maximum absolute atomic E-state index is 12.5. The molecule has 0 radical (unpaired) electrons. The Bertz CT molecular complexity index is 1120. The number of carbonyl (C=O) groups excluding carboxylic acids is 2. The fourth-order valence-electron chi connectivity index (χ4n) is 3.15. The topological polar surface area (TPSA) is 120 Å². The predicted octanol–water partition coefficient (Wildman–Crippen LogP) is 1.94. The standard InChI is InChI=1S/C20H21N3O5S3/c1-13(14-2-4-15(5-3-14)31(27,28)16-6-7-16)18(24)22-20-21-12-17(29-20)19(25)23-8-10-30(26)11-9-23/h2-5,12,16H,1,6-11H2,(H,21,22,24). The van der Waals surface area contributed by atoms with Gasteiger partial charge in [-0.2, -0.15) is 0 Å². The van der Waals surface area contributed by atoms with E-state index < -0.39 is 26.9 Å². The fraction of sp³-hybridized carbons (Fsp3) is 0.350. The maximum Gasteiger partial charge on any atom is 0.265 e. The first-order valence-corrected chi connectivity index (χ1v) is 13.6. The van der Waals surface area contributed by atoms with E-state index in [9.17, 15) is 22.6 Å². The summed E-state index contributed by atoms with van der Waals surface area (Å²) in [7, 11) is -3.29. The summed E-state index contributed by atoms with van der Waals surface area (Å²) in [5.74, 6) is 0.254. The average molecular weight is 480 g/mol. The van der Waals surface area contributed by atoms with E-state index in [4.69, 9.17) is 0 Å². The van der Waals surface area contributed by atoms with Gasteiger partial charge in [0.2, 0.25) is 0 Å². The van der Waals surface area contributed by atoms with Crippen LogP contribution >= 0.6 is 11.3 Å². The molecule has 164 valence electrons. The summed E-state index contributed by atoms with van der Waals surface area (Å²) >= 11 is 0.190. The smallest absolute Gasteiger partial charge is 0.265 e. The van der Waals surface area contributed by atoms with Crippen LogP contribution in [0.2, 0.25) is 0 Å². The highest BCUT2D eigenvalue weighted by Crippen LogP contribution is 2.33. The van der Waals surface area contributed by atoms with Crippen molar-refractivity contribution in [3.63, 3.8) is 0 Å². The molecule has 2 fully saturated rings. The van der Waals surface area contributed by atoms with Crippen LogP contribution in [0.25, 0.3) is 5.57 Å². The highest BCUT2D eigenvalue weighted by atomic mass is 32.2. The molecule has 4 rings (SSSR count). The summed E-state index contributed by atoms with van der Waals surface area (Å²) in [6, 6.07) is 6.11. The molecule has 1 aromatic carbocycles. The molecular weight excluding hydrogens is 458 g/mol. The molecule has 2 amide bonds. The summed E-state index contributed by atoms with van der Waals surface area (Å²) in [5.41, 5.74) is 0.665. The van der Waals surface area contributed by atoms with Crippen molar-refractivity contribution in [1.29, 1.82) is 0 Å². The lowest BCUT2D eigenvalue weighted by molar-refractivity contribution is -0.111. The molecule has 2 heterocycles. The van der Waals surface area contributed by atoms with Crippen LogP contribution in [-0.2, 0) is 25.8 Å². The van der Waals surface area contributed by atoms with Crippen LogP contribution < -0.4 is 5.32 Å². The van der Waals surface area contributed by atoms with Gasteiger partial charge in [-0.05, 0) is 30.5 Å². The van der Waals surface area contributed by atoms with Crippen LogP contribution in [0.4, 0.5) is 5.13 Å². The Balaban J connectivity index is 1.38. The normalized spacial score (nSPS) is 17.4. The third-order valence-electron chi connectivity index (χ3n) is 5.17. The lowest BCUT2D eigenvalue weighted by atomic mass is 10.1. The van der Waals surface area contributed by atoms with Crippen LogP contribution in [0, 0.1) is 0 Å². The van der Waals surface area contributed by atoms with Crippen molar-refractivity contribution in [1.82, 2.24) is 9.88 Å². The average Bonchev–Trinajstić information content (AvgIpc) is 3.54. The molecule has 8 nitrogen and oxygen atoms in total. The SMILES string of the molecule is C=C(C(=O)Nc1ncc(C(=O)N2CC[S+]([O-])CC2)s1)c1ccc(S(=O)(=O)C2CC2)cc1. The van der Waals surface area contributed by atoms with E-state index in [1.807, 2.05) is 0 Å². The number of amides is 2. The van der Waals surface area contributed by atoms with Gasteiger partial charge in [0.25, 0.3) is 11.8 Å². The molecule has 11 heteroatoms. The van der Waals surface area contributed by atoms with Crippen LogP contribution in [0.3, 0.4) is 0 Å². The van der Waals surface area contributed by atoms with Gasteiger partial charge in [0.1, 0.15) is 16.4 Å². The van der Waals surface area contributed by atoms with Crippen molar-refractivity contribution in [3.05, 3.63) is 47.5 Å². The van der Waals surface area contributed by atoms with E-state index in [2.05, 4.69) is 16.9 Å². The third kappa shape index (κ3) is 4.84. The minimum Gasteiger partial charge on any atom is -0.616 e. The van der Waals surface area contributed by atoms with Crippen molar-refractivity contribution in [3.8, 4) is 0 Å². The van der Waals surface area contributed by atoms with Crippen molar-refractivity contribution in [2.75, 3.05) is 29.9 Å². The first-order chi connectivity index (χ1) is 14.8. The third-order valence-corrected chi connectivity index (χ3v) is 9.63. The molecule has 1 aliphatic carbocycles. The predicted molar refractivity (Wildman–Crippen MR) is 120 cm³/mol. The maximum atomic E-state index is 12.5. The lowest BCUT2D eigenvalue weighted by Crippen LogP contribution is -2.43. The van der Waals surface area contributed by atoms with E-state index in [0.717, 1.165) is 11.3 Å². The Morgan fingerprint density at radius 3 is 2.45 bits per heavy atom. The Kier molecular flexibility index (Phi) is 6.20. The molecule has 2 aliphatic rings. The number of thiazole rings is 1. The first-order valence-electron chi connectivity index (χ1n) is 9.70. The molecule has 2 aromatic rings. The summed E-state index contributed by atoms with van der Waals surface area (Å²) in [6.07, 6.45) is 2.79. The van der Waals surface area contributed by atoms with Gasteiger partial charge in [-0.25, -0.2) is 13.4 Å². The number of hydrogen-bond acceptors (Lipinski definition) is 7. The van der Waals surface area contributed by atoms with Gasteiger partial charge >= 0.3 is 0 Å². The molecule has 31 heavy (non-hydrogen) atoms. The summed E-state index contributed by atoms with van der Waals surface area (Å²) in [6.45, 7) is 4.67. The number of nitrogens with one attached hydrogen (secondary N) is 1. The Labute approximate surface area is 187 Å². The number of anilines is 1. The lowest BCUT2D eigenvalue weighted by Gasteiger charge is -2.27. The Morgan fingerprint density at radius 1 is 1.19 bits per heavy atom. The van der Waals surface area contributed by atoms with Crippen molar-refractivity contribution >= 4 is 54.9 Å². The molecule has 0 unspecified atom stereocenters. The number of carbonyl (C=O) groups is 2. The second-order valence-corrected chi connectivity index (χ2v) is 12.3. The van der Waals surface area contributed by atoms with Crippen molar-refractivity contribution in [2.45, 2.75) is 23.0 Å². The molecule has 1 N–H and O–H groups in total. The van der Waals surface area contributed by atoms with E-state index in [-0.39, 0.29) is 26.8 Å². The van der Waals surface area contributed by atoms with Gasteiger partial charge in [0, 0.05) is 5.57 Å². The monoisotopic (exact) mass is 479 g/mol. The van der Waals surface area contributed by atoms with Gasteiger partial charge in [-0.3, -0.25) is 14.9 Å². The van der Waals surface area contributed by atoms with Crippen LogP contribution in [0.5, 0.6) is 0 Å². The summed E-state index contributed by atoms with van der Waals surface area (Å²) in [4.78, 5) is 31.5. The number of rotatable bonds is 6. The van der Waals surface area contributed by atoms with Crippen molar-refractivity contribution < 1.29 is 22.6 Å². The molecular formula is C20H21N3O5S3. The van der Waals surface area contributed by atoms with Crippen LogP contribution in [0.15, 0.2) is 41.9 Å². The van der Waals surface area contributed by atoms with Gasteiger partial charge in [-0.15, -0.1) is 0 Å². The molecule has 0 spiro atoms.